The van der Waals surface area contributed by atoms with Gasteiger partial charge in [0.1, 0.15) is 0 Å². The molecule has 0 bridgehead atoms. The van der Waals surface area contributed by atoms with Crippen molar-refractivity contribution in [2.45, 2.75) is 31.0 Å². The van der Waals surface area contributed by atoms with Crippen molar-refractivity contribution in [3.8, 4) is 0 Å². The van der Waals surface area contributed by atoms with E-state index in [-0.39, 0.29) is 0 Å². The van der Waals surface area contributed by atoms with E-state index in [9.17, 15) is 30.7 Å². The number of hydrogen-bond acceptors (Lipinski definition) is 1. The minimum Gasteiger partial charge on any atom is -0.381 e. The summed E-state index contributed by atoms with van der Waals surface area (Å²) in [5.41, 5.74) is 0. The second-order valence-electron chi connectivity index (χ2n) is 2.21. The van der Waals surface area contributed by atoms with Gasteiger partial charge in [0.05, 0.1) is 0 Å². The summed E-state index contributed by atoms with van der Waals surface area (Å²) in [6.07, 6.45) is -20.4. The van der Waals surface area contributed by atoms with Crippen molar-refractivity contribution in [3.63, 3.8) is 0 Å². The van der Waals surface area contributed by atoms with Crippen LogP contribution in [0.25, 0.3) is 0 Å². The average Bonchev–Trinajstić information content (AvgIpc) is 1.98. The van der Waals surface area contributed by atoms with Crippen molar-refractivity contribution in [1.29, 1.82) is 0 Å². The number of halogens is 7. The first-order valence-corrected chi connectivity index (χ1v) is 2.99. The van der Waals surface area contributed by atoms with Gasteiger partial charge in [-0.2, -0.15) is 13.2 Å². The summed E-state index contributed by atoms with van der Waals surface area (Å²) in [5.74, 6) is 0. The molecule has 0 aliphatic rings. The molecular formula is C5H5F7O. The third-order valence-electron chi connectivity index (χ3n) is 1.18. The van der Waals surface area contributed by atoms with Crippen LogP contribution < -0.4 is 0 Å². The Kier molecular flexibility index (Phi) is 3.95. The van der Waals surface area contributed by atoms with Gasteiger partial charge in [0.2, 0.25) is 0 Å². The molecule has 80 valence electrons. The molecule has 0 fully saturated rings. The second kappa shape index (κ2) is 4.12. The zero-order chi connectivity index (χ0) is 10.8. The van der Waals surface area contributed by atoms with Crippen molar-refractivity contribution < 1.29 is 35.8 Å². The van der Waals surface area contributed by atoms with E-state index in [2.05, 4.69) is 0 Å². The lowest BCUT2D eigenvalue weighted by molar-refractivity contribution is -0.231. The minimum atomic E-state index is -5.45. The Morgan fingerprint density at radius 3 is 1.46 bits per heavy atom. The molecule has 0 spiro atoms. The fraction of sp³-hybridized carbons (Fsp3) is 1.00. The van der Waals surface area contributed by atoms with Crippen LogP contribution in [0.2, 0.25) is 0 Å². The van der Waals surface area contributed by atoms with E-state index in [1.165, 1.54) is 0 Å². The fourth-order valence-corrected chi connectivity index (χ4v) is 0.494. The minimum absolute atomic E-state index is 3.64. The Bertz CT molecular complexity index is 155. The van der Waals surface area contributed by atoms with Crippen molar-refractivity contribution in [3.05, 3.63) is 0 Å². The molecule has 13 heavy (non-hydrogen) atoms. The van der Waals surface area contributed by atoms with Gasteiger partial charge >= 0.3 is 6.18 Å². The summed E-state index contributed by atoms with van der Waals surface area (Å²) >= 11 is 0. The van der Waals surface area contributed by atoms with Crippen LogP contribution in [-0.2, 0) is 0 Å². The maximum atomic E-state index is 12.1. The highest BCUT2D eigenvalue weighted by Gasteiger charge is 2.49. The predicted molar refractivity (Wildman–Crippen MR) is 27.9 cm³/mol. The second-order valence-corrected chi connectivity index (χ2v) is 2.21. The summed E-state index contributed by atoms with van der Waals surface area (Å²) in [5, 5.41) is 8.00. The number of hydrogen-bond donors (Lipinski definition) is 1. The molecule has 0 aliphatic heterocycles. The third-order valence-corrected chi connectivity index (χ3v) is 1.18. The Hall–Kier alpha value is -0.530. The molecule has 0 saturated carbocycles. The van der Waals surface area contributed by atoms with Crippen LogP contribution in [-0.4, -0.2) is 36.2 Å². The van der Waals surface area contributed by atoms with Crippen molar-refractivity contribution in [2.75, 3.05) is 0 Å². The van der Waals surface area contributed by atoms with Gasteiger partial charge in [-0.3, -0.25) is 0 Å². The molecule has 0 amide bonds. The predicted octanol–water partition coefficient (Wildman–Crippen LogP) is 1.85. The highest BCUT2D eigenvalue weighted by Crippen LogP contribution is 2.28. The number of aliphatic hydroxyl groups excluding tert-OH is 1. The molecule has 3 unspecified atom stereocenters. The molecular weight excluding hydrogens is 209 g/mol. The van der Waals surface area contributed by atoms with E-state index < -0.39 is 31.0 Å². The highest BCUT2D eigenvalue weighted by molar-refractivity contribution is 4.82. The highest BCUT2D eigenvalue weighted by atomic mass is 19.4. The van der Waals surface area contributed by atoms with Gasteiger partial charge in [0, 0.05) is 0 Å². The Morgan fingerprint density at radius 1 is 0.846 bits per heavy atom. The normalized spacial score (nSPS) is 20.1. The van der Waals surface area contributed by atoms with Gasteiger partial charge in [-0.1, -0.05) is 0 Å². The number of alkyl halides is 7. The molecule has 0 aliphatic carbocycles. The quantitative estimate of drug-likeness (QED) is 0.711. The first-order valence-electron chi connectivity index (χ1n) is 2.99. The first kappa shape index (κ1) is 12.5. The molecule has 0 rings (SSSR count). The molecule has 0 aromatic rings. The zero-order valence-corrected chi connectivity index (χ0v) is 5.90. The number of rotatable bonds is 3. The molecule has 1 nitrogen and oxygen atoms in total. The summed E-state index contributed by atoms with van der Waals surface area (Å²) in [6, 6.07) is 0. The smallest absolute Gasteiger partial charge is 0.381 e. The summed E-state index contributed by atoms with van der Waals surface area (Å²) in [7, 11) is 0. The van der Waals surface area contributed by atoms with E-state index in [1.807, 2.05) is 0 Å². The van der Waals surface area contributed by atoms with Crippen LogP contribution in [0.4, 0.5) is 30.7 Å². The van der Waals surface area contributed by atoms with Crippen LogP contribution in [0.5, 0.6) is 0 Å². The van der Waals surface area contributed by atoms with Crippen LogP contribution >= 0.6 is 0 Å². The van der Waals surface area contributed by atoms with Gasteiger partial charge < -0.3 is 5.11 Å². The molecule has 0 heterocycles. The van der Waals surface area contributed by atoms with Crippen LogP contribution in [0, 0.1) is 0 Å². The zero-order valence-electron chi connectivity index (χ0n) is 5.90. The van der Waals surface area contributed by atoms with Gasteiger partial charge in [-0.25, -0.2) is 17.6 Å². The standard InChI is InChI=1S/C5H5F7O/c6-1(2(7)4(8)9)3(13)5(10,11)12/h1-4,13H. The Balaban J connectivity index is 4.34. The van der Waals surface area contributed by atoms with Crippen molar-refractivity contribution in [1.82, 2.24) is 0 Å². The van der Waals surface area contributed by atoms with Crippen LogP contribution in [0.3, 0.4) is 0 Å². The molecule has 0 aromatic heterocycles. The molecule has 0 aromatic carbocycles. The first-order chi connectivity index (χ1) is 5.68. The lowest BCUT2D eigenvalue weighted by Crippen LogP contribution is -2.44. The SMILES string of the molecule is OC(C(F)C(F)C(F)F)C(F)(F)F. The maximum absolute atomic E-state index is 12.1. The average molecular weight is 214 g/mol. The lowest BCUT2D eigenvalue weighted by atomic mass is 10.1. The third kappa shape index (κ3) is 3.37. The van der Waals surface area contributed by atoms with E-state index >= 15 is 0 Å². The Labute approximate surface area is 68.2 Å². The van der Waals surface area contributed by atoms with Gasteiger partial charge in [0.25, 0.3) is 6.43 Å². The van der Waals surface area contributed by atoms with Gasteiger partial charge in [-0.15, -0.1) is 0 Å². The Morgan fingerprint density at radius 2 is 1.23 bits per heavy atom. The van der Waals surface area contributed by atoms with Gasteiger partial charge in [0.15, 0.2) is 18.4 Å². The van der Waals surface area contributed by atoms with Crippen molar-refractivity contribution >= 4 is 0 Å². The summed E-state index contributed by atoms with van der Waals surface area (Å²) in [4.78, 5) is 0. The van der Waals surface area contributed by atoms with Crippen LogP contribution in [0.1, 0.15) is 0 Å². The van der Waals surface area contributed by atoms with E-state index in [0.717, 1.165) is 0 Å². The summed E-state index contributed by atoms with van der Waals surface area (Å²) < 4.78 is 81.0. The number of aliphatic hydroxyl groups is 1. The lowest BCUT2D eigenvalue weighted by Gasteiger charge is -2.20. The summed E-state index contributed by atoms with van der Waals surface area (Å²) in [6.45, 7) is 0. The van der Waals surface area contributed by atoms with E-state index in [0.29, 0.717) is 0 Å². The maximum Gasteiger partial charge on any atom is 0.417 e. The molecule has 0 radical (unpaired) electrons. The molecule has 0 saturated heterocycles. The monoisotopic (exact) mass is 214 g/mol. The van der Waals surface area contributed by atoms with E-state index in [4.69, 9.17) is 5.11 Å². The molecule has 3 atom stereocenters. The molecule has 1 N–H and O–H groups in total. The fourth-order valence-electron chi connectivity index (χ4n) is 0.494. The largest absolute Gasteiger partial charge is 0.417 e. The molecule has 8 heteroatoms. The van der Waals surface area contributed by atoms with E-state index in [1.54, 1.807) is 0 Å². The topological polar surface area (TPSA) is 20.2 Å². The van der Waals surface area contributed by atoms with Crippen molar-refractivity contribution in [2.24, 2.45) is 0 Å². The van der Waals surface area contributed by atoms with Gasteiger partial charge in [-0.05, 0) is 0 Å². The van der Waals surface area contributed by atoms with Crippen LogP contribution in [0.15, 0.2) is 0 Å².